The van der Waals surface area contributed by atoms with Gasteiger partial charge < -0.3 is 4.74 Å². The zero-order chi connectivity index (χ0) is 9.47. The van der Waals surface area contributed by atoms with Crippen molar-refractivity contribution in [3.05, 3.63) is 0 Å². The number of rotatable bonds is 2. The van der Waals surface area contributed by atoms with Crippen molar-refractivity contribution in [3.8, 4) is 0 Å². The van der Waals surface area contributed by atoms with E-state index in [-0.39, 0.29) is 5.54 Å². The highest BCUT2D eigenvalue weighted by Crippen LogP contribution is 2.41. The van der Waals surface area contributed by atoms with E-state index in [0.717, 1.165) is 0 Å². The van der Waals surface area contributed by atoms with Crippen LogP contribution in [0.15, 0.2) is 0 Å². The molecule has 0 aromatic heterocycles. The quantitative estimate of drug-likeness (QED) is 0.649. The number of nitrogens with zero attached hydrogens (tertiary/aromatic N) is 1. The zero-order valence-electron chi connectivity index (χ0n) is 7.80. The number of fused-ring (bicyclic) bond motifs is 1. The second kappa shape index (κ2) is 3.17. The minimum absolute atomic E-state index is 0.340. The van der Waals surface area contributed by atoms with E-state index in [1.54, 1.807) is 7.11 Å². The molecule has 2 aliphatic rings. The molecule has 13 heavy (non-hydrogen) atoms. The van der Waals surface area contributed by atoms with Crippen molar-refractivity contribution in [2.45, 2.75) is 30.7 Å². The Morgan fingerprint density at radius 3 is 2.31 bits per heavy atom. The summed E-state index contributed by atoms with van der Waals surface area (Å²) in [7, 11) is 1.59. The van der Waals surface area contributed by atoms with Crippen LogP contribution in [0.5, 0.6) is 0 Å². The average molecular weight is 191 g/mol. The Hall–Kier alpha value is -0.220. The molecule has 2 rings (SSSR count). The number of ether oxygens (including phenoxy) is 1. The lowest BCUT2D eigenvalue weighted by molar-refractivity contribution is 0.0648. The predicted molar refractivity (Wildman–Crippen MR) is 45.2 cm³/mol. The third-order valence-electron chi connectivity index (χ3n) is 3.12. The highest BCUT2D eigenvalue weighted by atomic mass is 19.1. The Morgan fingerprint density at radius 2 is 1.85 bits per heavy atom. The van der Waals surface area contributed by atoms with Gasteiger partial charge in [-0.15, -0.1) is 0 Å². The van der Waals surface area contributed by atoms with Crippen LogP contribution in [0.4, 0.5) is 8.78 Å². The van der Waals surface area contributed by atoms with Crippen LogP contribution in [0.3, 0.4) is 0 Å². The van der Waals surface area contributed by atoms with Gasteiger partial charge >= 0.3 is 0 Å². The van der Waals surface area contributed by atoms with Gasteiger partial charge in [0.2, 0.25) is 0 Å². The first-order valence-electron chi connectivity index (χ1n) is 4.68. The molecule has 0 aliphatic carbocycles. The van der Waals surface area contributed by atoms with Gasteiger partial charge in [0, 0.05) is 33.0 Å². The van der Waals surface area contributed by atoms with Crippen molar-refractivity contribution in [3.63, 3.8) is 0 Å². The second-order valence-electron chi connectivity index (χ2n) is 4.17. The van der Waals surface area contributed by atoms with Crippen LogP contribution < -0.4 is 0 Å². The van der Waals surface area contributed by atoms with Gasteiger partial charge in [-0.1, -0.05) is 0 Å². The summed E-state index contributed by atoms with van der Waals surface area (Å²) in [5.74, 6) is 0. The van der Waals surface area contributed by atoms with Gasteiger partial charge in [-0.2, -0.15) is 0 Å². The molecule has 2 nitrogen and oxygen atoms in total. The molecule has 2 saturated heterocycles. The maximum Gasteiger partial charge on any atom is 0.115 e. The Kier molecular flexibility index (Phi) is 2.28. The van der Waals surface area contributed by atoms with Crippen LogP contribution >= 0.6 is 0 Å². The molecule has 0 saturated carbocycles. The molecule has 0 aromatic carbocycles. The number of halogens is 2. The topological polar surface area (TPSA) is 12.5 Å². The SMILES string of the molecule is COCC12CC(F)CN1CC(F)C2. The summed E-state index contributed by atoms with van der Waals surface area (Å²) < 4.78 is 31.3. The van der Waals surface area contributed by atoms with Gasteiger partial charge in [-0.25, -0.2) is 8.78 Å². The Labute approximate surface area is 76.9 Å². The smallest absolute Gasteiger partial charge is 0.115 e. The van der Waals surface area contributed by atoms with Gasteiger partial charge in [0.15, 0.2) is 0 Å². The van der Waals surface area contributed by atoms with E-state index in [0.29, 0.717) is 32.5 Å². The standard InChI is InChI=1S/C9H15F2NO/c1-13-6-9-2-7(10)4-12(9)5-8(11)3-9/h7-8H,2-6H2,1H3. The second-order valence-corrected chi connectivity index (χ2v) is 4.17. The van der Waals surface area contributed by atoms with Crippen molar-refractivity contribution in [1.82, 2.24) is 4.90 Å². The minimum atomic E-state index is -0.803. The van der Waals surface area contributed by atoms with E-state index in [1.165, 1.54) is 0 Å². The van der Waals surface area contributed by atoms with E-state index in [4.69, 9.17) is 4.74 Å². The molecule has 2 atom stereocenters. The molecular weight excluding hydrogens is 176 g/mol. The Balaban J connectivity index is 2.11. The van der Waals surface area contributed by atoms with Gasteiger partial charge in [0.05, 0.1) is 12.1 Å². The van der Waals surface area contributed by atoms with Crippen LogP contribution in [0.1, 0.15) is 12.8 Å². The van der Waals surface area contributed by atoms with Gasteiger partial charge in [0.1, 0.15) is 12.3 Å². The first-order chi connectivity index (χ1) is 6.16. The van der Waals surface area contributed by atoms with Crippen LogP contribution in [0, 0.1) is 0 Å². The predicted octanol–water partition coefficient (Wildman–Crippen LogP) is 1.16. The molecule has 0 spiro atoms. The maximum absolute atomic E-state index is 13.1. The molecule has 0 amide bonds. The van der Waals surface area contributed by atoms with Crippen LogP contribution in [-0.2, 0) is 4.74 Å². The monoisotopic (exact) mass is 191 g/mol. The highest BCUT2D eigenvalue weighted by molar-refractivity contribution is 5.06. The molecule has 2 heterocycles. The number of alkyl halides is 2. The van der Waals surface area contributed by atoms with E-state index in [1.807, 2.05) is 4.90 Å². The Morgan fingerprint density at radius 1 is 1.31 bits per heavy atom. The third kappa shape index (κ3) is 1.46. The highest BCUT2D eigenvalue weighted by Gasteiger charge is 2.52. The zero-order valence-corrected chi connectivity index (χ0v) is 7.80. The van der Waals surface area contributed by atoms with Crippen LogP contribution in [0.25, 0.3) is 0 Å². The van der Waals surface area contributed by atoms with E-state index in [2.05, 4.69) is 0 Å². The largest absolute Gasteiger partial charge is 0.383 e. The summed E-state index contributed by atoms with van der Waals surface area (Å²) in [4.78, 5) is 1.91. The van der Waals surface area contributed by atoms with Crippen LogP contribution in [-0.4, -0.2) is 49.6 Å². The molecular formula is C9H15F2NO. The molecule has 0 radical (unpaired) electrons. The summed E-state index contributed by atoms with van der Waals surface area (Å²) in [6.07, 6.45) is -0.743. The number of hydrogen-bond donors (Lipinski definition) is 0. The first kappa shape index (κ1) is 9.34. The lowest BCUT2D eigenvalue weighted by Gasteiger charge is -2.29. The van der Waals surface area contributed by atoms with Gasteiger partial charge in [-0.3, -0.25) is 4.90 Å². The van der Waals surface area contributed by atoms with E-state index >= 15 is 0 Å². The fraction of sp³-hybridized carbons (Fsp3) is 1.00. The summed E-state index contributed by atoms with van der Waals surface area (Å²) in [6.45, 7) is 1.21. The van der Waals surface area contributed by atoms with Gasteiger partial charge in [0.25, 0.3) is 0 Å². The molecule has 2 fully saturated rings. The summed E-state index contributed by atoms with van der Waals surface area (Å²) in [5, 5.41) is 0. The lowest BCUT2D eigenvalue weighted by Crippen LogP contribution is -2.42. The minimum Gasteiger partial charge on any atom is -0.383 e. The average Bonchev–Trinajstić information content (AvgIpc) is 2.40. The molecule has 0 bridgehead atoms. The third-order valence-corrected chi connectivity index (χ3v) is 3.12. The molecule has 4 heteroatoms. The van der Waals surface area contributed by atoms with Crippen molar-refractivity contribution < 1.29 is 13.5 Å². The van der Waals surface area contributed by atoms with Gasteiger partial charge in [-0.05, 0) is 0 Å². The molecule has 76 valence electrons. The summed E-state index contributed by atoms with van der Waals surface area (Å²) in [5.41, 5.74) is -0.340. The fourth-order valence-corrected chi connectivity index (χ4v) is 2.71. The van der Waals surface area contributed by atoms with Crippen molar-refractivity contribution in [2.75, 3.05) is 26.8 Å². The number of hydrogen-bond acceptors (Lipinski definition) is 2. The first-order valence-corrected chi connectivity index (χ1v) is 4.68. The lowest BCUT2D eigenvalue weighted by atomic mass is 9.94. The van der Waals surface area contributed by atoms with Crippen LogP contribution in [0.2, 0.25) is 0 Å². The Bertz CT molecular complexity index is 186. The molecule has 0 aromatic rings. The van der Waals surface area contributed by atoms with Crippen molar-refractivity contribution >= 4 is 0 Å². The van der Waals surface area contributed by atoms with E-state index in [9.17, 15) is 8.78 Å². The summed E-state index contributed by atoms with van der Waals surface area (Å²) in [6, 6.07) is 0. The number of methoxy groups -OCH3 is 1. The normalized spacial score (nSPS) is 45.5. The molecule has 0 N–H and O–H groups in total. The van der Waals surface area contributed by atoms with E-state index < -0.39 is 12.3 Å². The maximum atomic E-state index is 13.1. The fourth-order valence-electron chi connectivity index (χ4n) is 2.71. The van der Waals surface area contributed by atoms with Crippen molar-refractivity contribution in [2.24, 2.45) is 0 Å². The van der Waals surface area contributed by atoms with Crippen molar-refractivity contribution in [1.29, 1.82) is 0 Å². The molecule has 2 unspecified atom stereocenters. The summed E-state index contributed by atoms with van der Waals surface area (Å²) >= 11 is 0. The molecule has 2 aliphatic heterocycles.